The molecule has 0 unspecified atom stereocenters. The highest BCUT2D eigenvalue weighted by molar-refractivity contribution is 7.10. The smallest absolute Gasteiger partial charge is 0.255 e. The molecule has 27 heavy (non-hydrogen) atoms. The lowest BCUT2D eigenvalue weighted by Crippen LogP contribution is -2.33. The fourth-order valence-electron chi connectivity index (χ4n) is 3.93. The lowest BCUT2D eigenvalue weighted by molar-refractivity contribution is 0.0780. The Bertz CT molecular complexity index is 762. The fraction of sp³-hybridized carbons (Fsp3) is 0.476. The molecule has 0 bridgehead atoms. The van der Waals surface area contributed by atoms with Crippen molar-refractivity contribution in [1.82, 2.24) is 9.80 Å². The predicted octanol–water partition coefficient (Wildman–Crippen LogP) is 2.33. The predicted molar refractivity (Wildman–Crippen MR) is 109 cm³/mol. The van der Waals surface area contributed by atoms with Crippen molar-refractivity contribution in [1.29, 1.82) is 0 Å². The molecule has 1 amide bonds. The summed E-state index contributed by atoms with van der Waals surface area (Å²) in [5.74, 6) is 0.342. The number of hydrogen-bond acceptors (Lipinski definition) is 5. The van der Waals surface area contributed by atoms with E-state index in [9.17, 15) is 9.90 Å². The number of benzene rings is 1. The maximum absolute atomic E-state index is 13.3. The van der Waals surface area contributed by atoms with E-state index in [0.29, 0.717) is 19.6 Å². The van der Waals surface area contributed by atoms with Crippen LogP contribution in [0.5, 0.6) is 0 Å². The van der Waals surface area contributed by atoms with Crippen molar-refractivity contribution in [2.45, 2.75) is 6.92 Å². The molecule has 5 nitrogen and oxygen atoms in total. The van der Waals surface area contributed by atoms with Gasteiger partial charge in [0.2, 0.25) is 0 Å². The number of thiophene rings is 1. The highest BCUT2D eigenvalue weighted by atomic mass is 32.1. The van der Waals surface area contributed by atoms with Crippen LogP contribution in [0.2, 0.25) is 0 Å². The van der Waals surface area contributed by atoms with Crippen molar-refractivity contribution in [3.05, 3.63) is 46.2 Å². The summed E-state index contributed by atoms with van der Waals surface area (Å²) in [6.07, 6.45) is 0. The largest absolute Gasteiger partial charge is 0.396 e. The molecule has 1 aromatic heterocycles. The first-order valence-corrected chi connectivity index (χ1v) is 10.3. The number of carbonyl (C=O) groups is 1. The molecule has 0 saturated carbocycles. The molecule has 3 rings (SSSR count). The molecule has 1 aliphatic heterocycles. The molecule has 2 heterocycles. The number of likely N-dealkylation sites (tertiary alicyclic amines) is 1. The number of carbonyl (C=O) groups excluding carboxylic acids is 1. The van der Waals surface area contributed by atoms with Crippen molar-refractivity contribution in [3.8, 4) is 11.1 Å². The van der Waals surface area contributed by atoms with Gasteiger partial charge in [0.05, 0.1) is 12.2 Å². The summed E-state index contributed by atoms with van der Waals surface area (Å²) >= 11 is 1.60. The van der Waals surface area contributed by atoms with Gasteiger partial charge < -0.3 is 20.0 Å². The van der Waals surface area contributed by atoms with Gasteiger partial charge in [0.25, 0.3) is 5.91 Å². The quantitative estimate of drug-likeness (QED) is 0.764. The molecule has 0 aliphatic carbocycles. The molecule has 1 fully saturated rings. The first-order valence-electron chi connectivity index (χ1n) is 9.38. The van der Waals surface area contributed by atoms with Gasteiger partial charge >= 0.3 is 0 Å². The number of hydrogen-bond donors (Lipinski definition) is 2. The Balaban J connectivity index is 1.79. The Labute approximate surface area is 164 Å². The van der Waals surface area contributed by atoms with Crippen LogP contribution in [0.25, 0.3) is 11.1 Å². The van der Waals surface area contributed by atoms with Gasteiger partial charge in [0, 0.05) is 54.5 Å². The zero-order valence-corrected chi connectivity index (χ0v) is 16.8. The number of amides is 1. The second-order valence-electron chi connectivity index (χ2n) is 7.35. The van der Waals surface area contributed by atoms with Gasteiger partial charge in [0.1, 0.15) is 0 Å². The van der Waals surface area contributed by atoms with Crippen LogP contribution < -0.4 is 0 Å². The van der Waals surface area contributed by atoms with E-state index in [1.807, 2.05) is 47.7 Å². The summed E-state index contributed by atoms with van der Waals surface area (Å²) in [5.41, 5.74) is 2.84. The Morgan fingerprint density at radius 3 is 2.59 bits per heavy atom. The van der Waals surface area contributed by atoms with Gasteiger partial charge in [-0.2, -0.15) is 0 Å². The average molecular weight is 389 g/mol. The third-order valence-corrected chi connectivity index (χ3v) is 6.31. The number of likely N-dealkylation sites (N-methyl/N-ethyl adjacent to an activating group) is 1. The summed E-state index contributed by atoms with van der Waals surface area (Å²) in [4.78, 5) is 18.4. The molecule has 0 spiro atoms. The normalized spacial score (nSPS) is 19.8. The van der Waals surface area contributed by atoms with Crippen molar-refractivity contribution < 1.29 is 15.0 Å². The Hall–Kier alpha value is -1.73. The van der Waals surface area contributed by atoms with Crippen LogP contribution in [0.1, 0.15) is 15.2 Å². The van der Waals surface area contributed by atoms with Crippen molar-refractivity contribution in [3.63, 3.8) is 0 Å². The van der Waals surface area contributed by atoms with E-state index in [4.69, 9.17) is 5.11 Å². The molecule has 146 valence electrons. The maximum Gasteiger partial charge on any atom is 0.255 e. The van der Waals surface area contributed by atoms with Gasteiger partial charge in [-0.1, -0.05) is 30.3 Å². The lowest BCUT2D eigenvalue weighted by Gasteiger charge is -2.23. The first kappa shape index (κ1) is 20.0. The molecule has 0 radical (unpaired) electrons. The van der Waals surface area contributed by atoms with E-state index in [1.165, 1.54) is 0 Å². The van der Waals surface area contributed by atoms with E-state index in [0.717, 1.165) is 28.1 Å². The Kier molecular flexibility index (Phi) is 6.65. The number of aryl methyl sites for hydroxylation is 1. The van der Waals surface area contributed by atoms with Crippen LogP contribution in [-0.4, -0.2) is 72.4 Å². The second-order valence-corrected chi connectivity index (χ2v) is 8.43. The molecule has 2 aromatic rings. The first-order chi connectivity index (χ1) is 13.0. The number of aliphatic hydroxyl groups is 2. The summed E-state index contributed by atoms with van der Waals surface area (Å²) in [5, 5.41) is 20.8. The monoisotopic (exact) mass is 388 g/mol. The minimum atomic E-state index is 0.0453. The second kappa shape index (κ2) is 8.97. The van der Waals surface area contributed by atoms with Crippen LogP contribution >= 0.6 is 11.3 Å². The van der Waals surface area contributed by atoms with Gasteiger partial charge in [-0.25, -0.2) is 0 Å². The number of nitrogens with zero attached hydrogens (tertiary/aromatic N) is 2. The zero-order chi connectivity index (χ0) is 19.4. The molecular formula is C21H28N2O3S. The highest BCUT2D eigenvalue weighted by Crippen LogP contribution is 2.34. The molecule has 1 aromatic carbocycles. The topological polar surface area (TPSA) is 64.0 Å². The van der Waals surface area contributed by atoms with E-state index < -0.39 is 0 Å². The fourth-order valence-corrected chi connectivity index (χ4v) is 4.79. The molecule has 6 heteroatoms. The summed E-state index contributed by atoms with van der Waals surface area (Å²) < 4.78 is 0. The number of aliphatic hydroxyl groups excluding tert-OH is 2. The molecule has 2 N–H and O–H groups in total. The average Bonchev–Trinajstić information content (AvgIpc) is 3.25. The molecule has 2 atom stereocenters. The van der Waals surface area contributed by atoms with E-state index >= 15 is 0 Å². The summed E-state index contributed by atoms with van der Waals surface area (Å²) in [7, 11) is 1.96. The molecular weight excluding hydrogens is 360 g/mol. The van der Waals surface area contributed by atoms with Gasteiger partial charge in [-0.3, -0.25) is 4.79 Å². The van der Waals surface area contributed by atoms with Crippen LogP contribution in [0, 0.1) is 18.8 Å². The van der Waals surface area contributed by atoms with Crippen LogP contribution in [-0.2, 0) is 0 Å². The van der Waals surface area contributed by atoms with Gasteiger partial charge in [-0.05, 0) is 25.5 Å². The SMILES string of the molecule is Cc1scc(C(=O)N2C[C@@H](CN(C)CCO)[C@@H](CO)C2)c1-c1ccccc1. The van der Waals surface area contributed by atoms with Gasteiger partial charge in [0.15, 0.2) is 0 Å². The minimum absolute atomic E-state index is 0.0453. The van der Waals surface area contributed by atoms with Crippen molar-refractivity contribution in [2.75, 3.05) is 46.4 Å². The summed E-state index contributed by atoms with van der Waals surface area (Å²) in [6, 6.07) is 10.0. The third kappa shape index (κ3) is 4.41. The highest BCUT2D eigenvalue weighted by Gasteiger charge is 2.36. The standard InChI is InChI=1S/C21H28N2O3S/c1-15-20(16-6-4-3-5-7-16)19(14-27-15)21(26)23-11-17(18(12-23)13-25)10-22(2)8-9-24/h3-7,14,17-18,24-25H,8-13H2,1-2H3/t17-,18-/m1/s1. The Morgan fingerprint density at radius 1 is 1.22 bits per heavy atom. The lowest BCUT2D eigenvalue weighted by atomic mass is 9.96. The molecule has 1 saturated heterocycles. The zero-order valence-electron chi connectivity index (χ0n) is 16.0. The van der Waals surface area contributed by atoms with Gasteiger partial charge in [-0.15, -0.1) is 11.3 Å². The Morgan fingerprint density at radius 2 is 1.93 bits per heavy atom. The third-order valence-electron chi connectivity index (χ3n) is 5.39. The van der Waals surface area contributed by atoms with E-state index in [2.05, 4.69) is 11.8 Å². The van der Waals surface area contributed by atoms with Crippen molar-refractivity contribution >= 4 is 17.2 Å². The minimum Gasteiger partial charge on any atom is -0.396 e. The van der Waals surface area contributed by atoms with Crippen LogP contribution in [0.15, 0.2) is 35.7 Å². The summed E-state index contributed by atoms with van der Waals surface area (Å²) in [6.45, 7) is 4.84. The molecule has 1 aliphatic rings. The van der Waals surface area contributed by atoms with Crippen molar-refractivity contribution in [2.24, 2.45) is 11.8 Å². The number of rotatable bonds is 7. The van der Waals surface area contributed by atoms with Crippen LogP contribution in [0.4, 0.5) is 0 Å². The van der Waals surface area contributed by atoms with E-state index in [1.54, 1.807) is 11.3 Å². The van der Waals surface area contributed by atoms with Crippen LogP contribution in [0.3, 0.4) is 0 Å². The maximum atomic E-state index is 13.3. The van der Waals surface area contributed by atoms with E-state index in [-0.39, 0.29) is 31.0 Å².